The second kappa shape index (κ2) is 7.08. The van der Waals surface area contributed by atoms with E-state index in [4.69, 9.17) is 9.84 Å². The summed E-state index contributed by atoms with van der Waals surface area (Å²) in [6.45, 7) is 0.556. The standard InChI is InChI=1S/C13H19NO5/c1-14-6-5-10(15)12(16)8-3-4-11(19-2)9(7-8)13(17)18/h3-4,7,10,12,14-16H,5-6H2,1-2H3,(H,17,18). The van der Waals surface area contributed by atoms with Crippen molar-refractivity contribution in [3.05, 3.63) is 29.3 Å². The van der Waals surface area contributed by atoms with Gasteiger partial charge in [0.1, 0.15) is 17.4 Å². The van der Waals surface area contributed by atoms with Gasteiger partial charge in [0.25, 0.3) is 0 Å². The van der Waals surface area contributed by atoms with E-state index in [1.807, 2.05) is 0 Å². The number of aromatic carboxylic acids is 1. The van der Waals surface area contributed by atoms with E-state index < -0.39 is 18.2 Å². The van der Waals surface area contributed by atoms with E-state index >= 15 is 0 Å². The lowest BCUT2D eigenvalue weighted by Gasteiger charge is -2.19. The fourth-order valence-electron chi connectivity index (χ4n) is 1.75. The molecule has 19 heavy (non-hydrogen) atoms. The molecule has 4 N–H and O–H groups in total. The molecule has 0 amide bonds. The van der Waals surface area contributed by atoms with Crippen molar-refractivity contribution < 1.29 is 24.9 Å². The Morgan fingerprint density at radius 2 is 2.11 bits per heavy atom. The number of nitrogens with one attached hydrogen (secondary N) is 1. The number of carboxylic acid groups (broad SMARTS) is 1. The highest BCUT2D eigenvalue weighted by Crippen LogP contribution is 2.25. The van der Waals surface area contributed by atoms with E-state index in [-0.39, 0.29) is 11.3 Å². The highest BCUT2D eigenvalue weighted by molar-refractivity contribution is 5.91. The molecule has 1 aromatic carbocycles. The van der Waals surface area contributed by atoms with Gasteiger partial charge in [0.15, 0.2) is 0 Å². The van der Waals surface area contributed by atoms with Crippen molar-refractivity contribution in [2.75, 3.05) is 20.7 Å². The molecule has 0 bridgehead atoms. The number of aliphatic hydroxyl groups excluding tert-OH is 2. The first-order valence-corrected chi connectivity index (χ1v) is 5.93. The zero-order valence-electron chi connectivity index (χ0n) is 11.0. The van der Waals surface area contributed by atoms with Crippen LogP contribution in [0.15, 0.2) is 18.2 Å². The van der Waals surface area contributed by atoms with Gasteiger partial charge in [-0.3, -0.25) is 0 Å². The lowest BCUT2D eigenvalue weighted by molar-refractivity contribution is 0.0139. The molecule has 6 nitrogen and oxygen atoms in total. The summed E-state index contributed by atoms with van der Waals surface area (Å²) >= 11 is 0. The maximum Gasteiger partial charge on any atom is 0.339 e. The number of methoxy groups -OCH3 is 1. The summed E-state index contributed by atoms with van der Waals surface area (Å²) in [5.41, 5.74) is 0.307. The van der Waals surface area contributed by atoms with E-state index in [9.17, 15) is 15.0 Å². The Morgan fingerprint density at radius 1 is 1.42 bits per heavy atom. The molecule has 0 saturated carbocycles. The van der Waals surface area contributed by atoms with Crippen molar-refractivity contribution >= 4 is 5.97 Å². The Kier molecular flexibility index (Phi) is 5.75. The highest BCUT2D eigenvalue weighted by atomic mass is 16.5. The van der Waals surface area contributed by atoms with Gasteiger partial charge >= 0.3 is 5.97 Å². The average molecular weight is 269 g/mol. The lowest BCUT2D eigenvalue weighted by Crippen LogP contribution is -2.23. The van der Waals surface area contributed by atoms with Crippen LogP contribution >= 0.6 is 0 Å². The summed E-state index contributed by atoms with van der Waals surface area (Å²) in [5, 5.41) is 31.7. The number of hydrogen-bond donors (Lipinski definition) is 4. The number of carbonyl (C=O) groups is 1. The molecule has 0 aliphatic rings. The molecule has 0 aliphatic carbocycles. The lowest BCUT2D eigenvalue weighted by atomic mass is 9.99. The van der Waals surface area contributed by atoms with Gasteiger partial charge in [-0.05, 0) is 37.7 Å². The number of hydrogen-bond acceptors (Lipinski definition) is 5. The molecular formula is C13H19NO5. The number of ether oxygens (including phenoxy) is 1. The molecule has 0 spiro atoms. The molecular weight excluding hydrogens is 250 g/mol. The first kappa shape index (κ1) is 15.4. The van der Waals surface area contributed by atoms with Crippen molar-refractivity contribution in [2.45, 2.75) is 18.6 Å². The van der Waals surface area contributed by atoms with Crippen molar-refractivity contribution in [3.8, 4) is 5.75 Å². The number of benzene rings is 1. The normalized spacial score (nSPS) is 13.9. The Balaban J connectivity index is 2.94. The quantitative estimate of drug-likeness (QED) is 0.572. The van der Waals surface area contributed by atoms with Gasteiger partial charge in [-0.25, -0.2) is 4.79 Å². The molecule has 0 radical (unpaired) electrons. The first-order chi connectivity index (χ1) is 9.01. The average Bonchev–Trinajstić information content (AvgIpc) is 2.42. The summed E-state index contributed by atoms with van der Waals surface area (Å²) in [5.74, 6) is -0.927. The third-order valence-corrected chi connectivity index (χ3v) is 2.85. The smallest absolute Gasteiger partial charge is 0.339 e. The molecule has 0 saturated heterocycles. The minimum Gasteiger partial charge on any atom is -0.496 e. The summed E-state index contributed by atoms with van der Waals surface area (Å²) in [6, 6.07) is 4.32. The summed E-state index contributed by atoms with van der Waals surface area (Å²) in [7, 11) is 3.12. The predicted octanol–water partition coefficient (Wildman–Crippen LogP) is 0.397. The maximum atomic E-state index is 11.1. The molecule has 1 rings (SSSR count). The van der Waals surface area contributed by atoms with Crippen molar-refractivity contribution in [1.29, 1.82) is 0 Å². The van der Waals surface area contributed by atoms with Crippen LogP contribution in [0.25, 0.3) is 0 Å². The molecule has 106 valence electrons. The van der Waals surface area contributed by atoms with E-state index in [0.29, 0.717) is 18.5 Å². The SMILES string of the molecule is CNCCC(O)C(O)c1ccc(OC)c(C(=O)O)c1. The zero-order chi connectivity index (χ0) is 14.4. The Hall–Kier alpha value is -1.63. The van der Waals surface area contributed by atoms with Gasteiger partial charge in [-0.1, -0.05) is 6.07 Å². The predicted molar refractivity (Wildman–Crippen MR) is 69.5 cm³/mol. The van der Waals surface area contributed by atoms with Crippen LogP contribution in [0.4, 0.5) is 0 Å². The highest BCUT2D eigenvalue weighted by Gasteiger charge is 2.20. The van der Waals surface area contributed by atoms with Gasteiger partial charge in [0, 0.05) is 0 Å². The first-order valence-electron chi connectivity index (χ1n) is 5.93. The number of aliphatic hydroxyl groups is 2. The summed E-state index contributed by atoms with van der Waals surface area (Å²) in [6.07, 6.45) is -1.72. The molecule has 0 aliphatic heterocycles. The molecule has 1 aromatic rings. The van der Waals surface area contributed by atoms with E-state index in [1.165, 1.54) is 19.2 Å². The second-order valence-electron chi connectivity index (χ2n) is 4.17. The third-order valence-electron chi connectivity index (χ3n) is 2.85. The number of carboxylic acids is 1. The van der Waals surface area contributed by atoms with E-state index in [0.717, 1.165) is 0 Å². The molecule has 0 fully saturated rings. The zero-order valence-corrected chi connectivity index (χ0v) is 11.0. The summed E-state index contributed by atoms with van der Waals surface area (Å²) in [4.78, 5) is 11.1. The number of rotatable bonds is 7. The Morgan fingerprint density at radius 3 is 2.63 bits per heavy atom. The van der Waals surface area contributed by atoms with Crippen LogP contribution < -0.4 is 10.1 Å². The largest absolute Gasteiger partial charge is 0.496 e. The molecule has 2 atom stereocenters. The topological polar surface area (TPSA) is 99.0 Å². The van der Waals surface area contributed by atoms with Gasteiger partial charge in [0.2, 0.25) is 0 Å². The Bertz CT molecular complexity index is 435. The van der Waals surface area contributed by atoms with Gasteiger partial charge in [-0.15, -0.1) is 0 Å². The molecule has 0 aromatic heterocycles. The van der Waals surface area contributed by atoms with Crippen LogP contribution in [0.3, 0.4) is 0 Å². The van der Waals surface area contributed by atoms with Crippen molar-refractivity contribution in [1.82, 2.24) is 5.32 Å². The molecule has 0 heterocycles. The van der Waals surface area contributed by atoms with Gasteiger partial charge in [0.05, 0.1) is 13.2 Å². The van der Waals surface area contributed by atoms with Crippen LogP contribution in [0.2, 0.25) is 0 Å². The maximum absolute atomic E-state index is 11.1. The summed E-state index contributed by atoms with van der Waals surface area (Å²) < 4.78 is 4.93. The van der Waals surface area contributed by atoms with Gasteiger partial charge < -0.3 is 25.4 Å². The van der Waals surface area contributed by atoms with Gasteiger partial charge in [-0.2, -0.15) is 0 Å². The van der Waals surface area contributed by atoms with Crippen LogP contribution in [-0.2, 0) is 0 Å². The minimum atomic E-state index is -1.14. The fourth-order valence-corrected chi connectivity index (χ4v) is 1.75. The fraction of sp³-hybridized carbons (Fsp3) is 0.462. The van der Waals surface area contributed by atoms with Crippen molar-refractivity contribution in [2.24, 2.45) is 0 Å². The van der Waals surface area contributed by atoms with E-state index in [2.05, 4.69) is 5.32 Å². The molecule has 6 heteroatoms. The Labute approximate surface area is 111 Å². The van der Waals surface area contributed by atoms with Crippen molar-refractivity contribution in [3.63, 3.8) is 0 Å². The minimum absolute atomic E-state index is 0.0418. The molecule has 2 unspecified atom stereocenters. The monoisotopic (exact) mass is 269 g/mol. The third kappa shape index (κ3) is 3.92. The van der Waals surface area contributed by atoms with Crippen LogP contribution in [0.1, 0.15) is 28.4 Å². The second-order valence-corrected chi connectivity index (χ2v) is 4.17. The van der Waals surface area contributed by atoms with E-state index in [1.54, 1.807) is 13.1 Å². The van der Waals surface area contributed by atoms with Crippen LogP contribution in [0.5, 0.6) is 5.75 Å². The van der Waals surface area contributed by atoms with Crippen LogP contribution in [0, 0.1) is 0 Å². The van der Waals surface area contributed by atoms with Crippen LogP contribution in [-0.4, -0.2) is 48.1 Å².